The van der Waals surface area contributed by atoms with Crippen LogP contribution in [0.4, 0.5) is 14.5 Å². The number of anilines is 1. The van der Waals surface area contributed by atoms with Gasteiger partial charge < -0.3 is 9.47 Å². The Morgan fingerprint density at radius 2 is 1.65 bits per heavy atom. The number of hydrogen-bond donors (Lipinski definition) is 1. The molecule has 0 saturated heterocycles. The van der Waals surface area contributed by atoms with Crippen LogP contribution in [-0.4, -0.2) is 21.6 Å². The lowest BCUT2D eigenvalue weighted by atomic mass is 10.3. The van der Waals surface area contributed by atoms with Crippen molar-refractivity contribution in [3.8, 4) is 11.5 Å². The molecule has 0 fully saturated rings. The summed E-state index contributed by atoms with van der Waals surface area (Å²) in [7, 11) is -4.03. The van der Waals surface area contributed by atoms with Crippen molar-refractivity contribution < 1.29 is 26.7 Å². The number of rotatable bonds is 3. The minimum absolute atomic E-state index is 0.0920. The molecule has 3 rings (SSSR count). The molecule has 1 aliphatic heterocycles. The van der Waals surface area contributed by atoms with Crippen LogP contribution in [0.3, 0.4) is 0 Å². The Morgan fingerprint density at radius 1 is 1.00 bits per heavy atom. The predicted molar refractivity (Wildman–Crippen MR) is 82.3 cm³/mol. The molecule has 0 radical (unpaired) electrons. The van der Waals surface area contributed by atoms with Crippen molar-refractivity contribution in [2.45, 2.75) is 4.90 Å². The van der Waals surface area contributed by atoms with E-state index in [0.717, 1.165) is 18.2 Å². The van der Waals surface area contributed by atoms with Crippen molar-refractivity contribution in [3.63, 3.8) is 0 Å². The van der Waals surface area contributed by atoms with E-state index >= 15 is 0 Å². The molecule has 0 bridgehead atoms. The first-order chi connectivity index (χ1) is 10.9. The predicted octanol–water partition coefficient (Wildman–Crippen LogP) is 3.30. The maximum atomic E-state index is 13.2. The van der Waals surface area contributed by atoms with Crippen LogP contribution in [0.1, 0.15) is 0 Å². The van der Waals surface area contributed by atoms with Crippen molar-refractivity contribution in [2.24, 2.45) is 0 Å². The molecule has 1 N–H and O–H groups in total. The molecule has 0 aromatic heterocycles. The first-order valence-electron chi connectivity index (χ1n) is 6.44. The highest BCUT2D eigenvalue weighted by Gasteiger charge is 2.23. The van der Waals surface area contributed by atoms with E-state index in [1.165, 1.54) is 12.1 Å². The van der Waals surface area contributed by atoms with Gasteiger partial charge in [0.25, 0.3) is 10.0 Å². The van der Waals surface area contributed by atoms with Gasteiger partial charge >= 0.3 is 0 Å². The molecular weight excluding hydrogens is 396 g/mol. The highest BCUT2D eigenvalue weighted by molar-refractivity contribution is 9.10. The normalized spacial score (nSPS) is 13.7. The largest absolute Gasteiger partial charge is 0.486 e. The summed E-state index contributed by atoms with van der Waals surface area (Å²) in [6.45, 7) is 0.684. The fourth-order valence-corrected chi connectivity index (χ4v) is 4.11. The third kappa shape index (κ3) is 3.25. The molecule has 0 aliphatic carbocycles. The van der Waals surface area contributed by atoms with Crippen LogP contribution < -0.4 is 14.2 Å². The van der Waals surface area contributed by atoms with E-state index in [9.17, 15) is 17.2 Å². The van der Waals surface area contributed by atoms with Gasteiger partial charge in [0, 0.05) is 16.6 Å². The van der Waals surface area contributed by atoms with E-state index in [4.69, 9.17) is 9.47 Å². The first kappa shape index (κ1) is 16.0. The molecule has 2 aromatic carbocycles. The van der Waals surface area contributed by atoms with E-state index in [1.807, 2.05) is 0 Å². The van der Waals surface area contributed by atoms with E-state index in [0.29, 0.717) is 24.7 Å². The van der Waals surface area contributed by atoms with Gasteiger partial charge in [0.2, 0.25) is 0 Å². The maximum Gasteiger partial charge on any atom is 0.263 e. The van der Waals surface area contributed by atoms with Crippen molar-refractivity contribution in [1.82, 2.24) is 0 Å². The number of hydrogen-bond acceptors (Lipinski definition) is 4. The van der Waals surface area contributed by atoms with Crippen molar-refractivity contribution in [2.75, 3.05) is 17.9 Å². The SMILES string of the molecule is O=S(=O)(Nc1ccc(F)c(F)c1)c1cc2c(cc1Br)OCCO2. The number of halogens is 3. The number of ether oxygens (including phenoxy) is 2. The molecule has 1 aliphatic rings. The third-order valence-electron chi connectivity index (χ3n) is 3.06. The Kier molecular flexibility index (Phi) is 4.15. The van der Waals surface area contributed by atoms with Crippen LogP contribution in [0.2, 0.25) is 0 Å². The van der Waals surface area contributed by atoms with E-state index in [-0.39, 0.29) is 15.1 Å². The summed E-state index contributed by atoms with van der Waals surface area (Å²) in [5.41, 5.74) is -0.0920. The second-order valence-corrected chi connectivity index (χ2v) is 7.17. The molecule has 122 valence electrons. The van der Waals surface area contributed by atoms with Crippen molar-refractivity contribution in [3.05, 3.63) is 46.4 Å². The summed E-state index contributed by atoms with van der Waals surface area (Å²) in [6.07, 6.45) is 0. The molecule has 0 amide bonds. The number of fused-ring (bicyclic) bond motifs is 1. The monoisotopic (exact) mass is 405 g/mol. The molecule has 0 spiro atoms. The second kappa shape index (κ2) is 5.97. The Bertz CT molecular complexity index is 873. The zero-order valence-electron chi connectivity index (χ0n) is 11.5. The summed E-state index contributed by atoms with van der Waals surface area (Å²) in [4.78, 5) is -0.105. The van der Waals surface area contributed by atoms with Gasteiger partial charge in [-0.2, -0.15) is 0 Å². The number of benzene rings is 2. The number of sulfonamides is 1. The summed E-state index contributed by atoms with van der Waals surface area (Å²) in [5, 5.41) is 0. The zero-order chi connectivity index (χ0) is 16.6. The molecule has 0 atom stereocenters. The third-order valence-corrected chi connectivity index (χ3v) is 5.40. The fourth-order valence-electron chi connectivity index (χ4n) is 2.02. The van der Waals surface area contributed by atoms with Crippen LogP contribution in [0, 0.1) is 11.6 Å². The van der Waals surface area contributed by atoms with Gasteiger partial charge in [-0.3, -0.25) is 4.72 Å². The van der Waals surface area contributed by atoms with Crippen LogP contribution in [0.5, 0.6) is 11.5 Å². The fraction of sp³-hybridized carbons (Fsp3) is 0.143. The van der Waals surface area contributed by atoms with Gasteiger partial charge in [0.05, 0.1) is 5.69 Å². The minimum atomic E-state index is -4.03. The lowest BCUT2D eigenvalue weighted by Crippen LogP contribution is -2.18. The summed E-state index contributed by atoms with van der Waals surface area (Å²) in [5.74, 6) is -1.49. The maximum absolute atomic E-state index is 13.2. The average molecular weight is 406 g/mol. The van der Waals surface area contributed by atoms with Gasteiger partial charge in [-0.15, -0.1) is 0 Å². The average Bonchev–Trinajstić information content (AvgIpc) is 2.50. The molecular formula is C14H10BrF2NO4S. The van der Waals surface area contributed by atoms with E-state index < -0.39 is 21.7 Å². The highest BCUT2D eigenvalue weighted by Crippen LogP contribution is 2.38. The Hall–Kier alpha value is -1.87. The van der Waals surface area contributed by atoms with Crippen LogP contribution >= 0.6 is 15.9 Å². The molecule has 2 aromatic rings. The van der Waals surface area contributed by atoms with Crippen LogP contribution in [0.25, 0.3) is 0 Å². The second-order valence-electron chi connectivity index (χ2n) is 4.66. The zero-order valence-corrected chi connectivity index (χ0v) is 13.9. The smallest absolute Gasteiger partial charge is 0.263 e. The lowest BCUT2D eigenvalue weighted by Gasteiger charge is -2.20. The Balaban J connectivity index is 1.97. The van der Waals surface area contributed by atoms with Crippen LogP contribution in [-0.2, 0) is 10.0 Å². The van der Waals surface area contributed by atoms with Gasteiger partial charge in [-0.05, 0) is 34.1 Å². The summed E-state index contributed by atoms with van der Waals surface area (Å²) < 4.78 is 64.2. The standard InChI is InChI=1S/C14H10BrF2NO4S/c15-9-6-12-13(22-4-3-21-12)7-14(9)23(19,20)18-8-1-2-10(16)11(17)5-8/h1-2,5-7,18H,3-4H2. The van der Waals surface area contributed by atoms with Gasteiger partial charge in [0.1, 0.15) is 18.1 Å². The highest BCUT2D eigenvalue weighted by atomic mass is 79.9. The topological polar surface area (TPSA) is 64.6 Å². The van der Waals surface area contributed by atoms with E-state index in [1.54, 1.807) is 0 Å². The van der Waals surface area contributed by atoms with Crippen molar-refractivity contribution in [1.29, 1.82) is 0 Å². The van der Waals surface area contributed by atoms with Gasteiger partial charge in [-0.1, -0.05) is 0 Å². The summed E-state index contributed by atoms with van der Waals surface area (Å²) in [6, 6.07) is 5.52. The van der Waals surface area contributed by atoms with Crippen molar-refractivity contribution >= 4 is 31.6 Å². The molecule has 0 unspecified atom stereocenters. The molecule has 23 heavy (non-hydrogen) atoms. The molecule has 1 heterocycles. The van der Waals surface area contributed by atoms with Crippen LogP contribution in [0.15, 0.2) is 39.7 Å². The minimum Gasteiger partial charge on any atom is -0.486 e. The van der Waals surface area contributed by atoms with E-state index in [2.05, 4.69) is 20.7 Å². The first-order valence-corrected chi connectivity index (χ1v) is 8.71. The number of nitrogens with one attached hydrogen (secondary N) is 1. The Morgan fingerprint density at radius 3 is 2.30 bits per heavy atom. The molecule has 9 heteroatoms. The van der Waals surface area contributed by atoms with Gasteiger partial charge in [0.15, 0.2) is 23.1 Å². The molecule has 0 saturated carbocycles. The van der Waals surface area contributed by atoms with Gasteiger partial charge in [-0.25, -0.2) is 17.2 Å². The summed E-state index contributed by atoms with van der Waals surface area (Å²) >= 11 is 3.16. The lowest BCUT2D eigenvalue weighted by molar-refractivity contribution is 0.171. The quantitative estimate of drug-likeness (QED) is 0.850. The Labute approximate surface area is 139 Å². The molecule has 5 nitrogen and oxygen atoms in total.